The summed E-state index contributed by atoms with van der Waals surface area (Å²) >= 11 is 0. The fourth-order valence-electron chi connectivity index (χ4n) is 2.59. The Morgan fingerprint density at radius 3 is 2.86 bits per heavy atom. The Labute approximate surface area is 126 Å². The van der Waals surface area contributed by atoms with Crippen LogP contribution in [0.1, 0.15) is 55.8 Å². The second-order valence-corrected chi connectivity index (χ2v) is 5.52. The monoisotopic (exact) mass is 288 g/mol. The van der Waals surface area contributed by atoms with Crippen molar-refractivity contribution in [2.75, 3.05) is 18.0 Å². The molecule has 0 atom stereocenters. The summed E-state index contributed by atoms with van der Waals surface area (Å²) in [7, 11) is 0. The van der Waals surface area contributed by atoms with Crippen molar-refractivity contribution in [2.24, 2.45) is 0 Å². The van der Waals surface area contributed by atoms with Crippen LogP contribution in [-0.2, 0) is 4.79 Å². The molecule has 0 unspecified atom stereocenters. The van der Waals surface area contributed by atoms with Crippen LogP contribution in [0.25, 0.3) is 0 Å². The number of carbonyl (C=O) groups excluding carboxylic acids is 2. The third kappa shape index (κ3) is 4.31. The lowest BCUT2D eigenvalue weighted by Gasteiger charge is -2.16. The van der Waals surface area contributed by atoms with Gasteiger partial charge in [0.15, 0.2) is 0 Å². The highest BCUT2D eigenvalue weighted by Crippen LogP contribution is 2.22. The van der Waals surface area contributed by atoms with Crippen molar-refractivity contribution >= 4 is 17.5 Å². The van der Waals surface area contributed by atoms with E-state index in [4.69, 9.17) is 0 Å². The molecule has 114 valence electrons. The fourth-order valence-corrected chi connectivity index (χ4v) is 2.59. The van der Waals surface area contributed by atoms with Crippen LogP contribution in [0.5, 0.6) is 0 Å². The van der Waals surface area contributed by atoms with Crippen LogP contribution in [-0.4, -0.2) is 24.9 Å². The van der Waals surface area contributed by atoms with Gasteiger partial charge in [0.25, 0.3) is 5.91 Å². The van der Waals surface area contributed by atoms with Crippen molar-refractivity contribution in [2.45, 2.75) is 45.4 Å². The topological polar surface area (TPSA) is 49.4 Å². The quantitative estimate of drug-likeness (QED) is 0.784. The molecule has 0 bridgehead atoms. The zero-order chi connectivity index (χ0) is 15.1. The van der Waals surface area contributed by atoms with E-state index >= 15 is 0 Å². The van der Waals surface area contributed by atoms with Crippen LogP contribution < -0.4 is 10.2 Å². The first-order chi connectivity index (χ1) is 10.2. The van der Waals surface area contributed by atoms with Crippen molar-refractivity contribution in [1.82, 2.24) is 5.32 Å². The lowest BCUT2D eigenvalue weighted by molar-refractivity contribution is -0.117. The van der Waals surface area contributed by atoms with E-state index in [-0.39, 0.29) is 11.8 Å². The van der Waals surface area contributed by atoms with Crippen LogP contribution in [0.3, 0.4) is 0 Å². The number of hydrogen-bond donors (Lipinski definition) is 1. The Balaban J connectivity index is 1.91. The molecule has 1 aliphatic rings. The molecule has 1 heterocycles. The van der Waals surface area contributed by atoms with Gasteiger partial charge in [-0.25, -0.2) is 0 Å². The first kappa shape index (κ1) is 15.5. The van der Waals surface area contributed by atoms with E-state index in [1.807, 2.05) is 18.2 Å². The van der Waals surface area contributed by atoms with E-state index in [0.29, 0.717) is 18.5 Å². The molecule has 1 aromatic rings. The van der Waals surface area contributed by atoms with Gasteiger partial charge < -0.3 is 10.2 Å². The summed E-state index contributed by atoms with van der Waals surface area (Å²) in [4.78, 5) is 25.6. The van der Waals surface area contributed by atoms with Gasteiger partial charge in [-0.1, -0.05) is 32.3 Å². The highest BCUT2D eigenvalue weighted by molar-refractivity contribution is 5.99. The van der Waals surface area contributed by atoms with Crippen LogP contribution in [0, 0.1) is 0 Å². The maximum absolute atomic E-state index is 12.1. The number of nitrogens with one attached hydrogen (secondary N) is 1. The molecule has 1 saturated heterocycles. The van der Waals surface area contributed by atoms with Crippen molar-refractivity contribution in [1.29, 1.82) is 0 Å². The Bertz CT molecular complexity index is 499. The molecule has 4 heteroatoms. The molecule has 2 rings (SSSR count). The first-order valence-corrected chi connectivity index (χ1v) is 7.91. The van der Waals surface area contributed by atoms with Gasteiger partial charge >= 0.3 is 0 Å². The van der Waals surface area contributed by atoms with Gasteiger partial charge in [0, 0.05) is 30.8 Å². The van der Waals surface area contributed by atoms with Crippen LogP contribution in [0.2, 0.25) is 0 Å². The predicted octanol–water partition coefficient (Wildman–Crippen LogP) is 3.12. The number of carbonyl (C=O) groups is 2. The zero-order valence-electron chi connectivity index (χ0n) is 12.7. The molecule has 2 amide bonds. The Morgan fingerprint density at radius 2 is 2.14 bits per heavy atom. The summed E-state index contributed by atoms with van der Waals surface area (Å²) in [6.45, 7) is 3.64. The van der Waals surface area contributed by atoms with E-state index in [2.05, 4.69) is 12.2 Å². The van der Waals surface area contributed by atoms with E-state index in [9.17, 15) is 9.59 Å². The molecule has 1 aliphatic heterocycles. The lowest BCUT2D eigenvalue weighted by Crippen LogP contribution is -2.26. The molecule has 0 aromatic heterocycles. The molecule has 0 radical (unpaired) electrons. The summed E-state index contributed by atoms with van der Waals surface area (Å²) in [5.41, 5.74) is 1.46. The van der Waals surface area contributed by atoms with Crippen LogP contribution in [0.15, 0.2) is 24.3 Å². The summed E-state index contributed by atoms with van der Waals surface area (Å²) in [6, 6.07) is 7.34. The predicted molar refractivity (Wildman–Crippen MR) is 84.5 cm³/mol. The second kappa shape index (κ2) is 7.81. The first-order valence-electron chi connectivity index (χ1n) is 7.91. The summed E-state index contributed by atoms with van der Waals surface area (Å²) in [5, 5.41) is 2.94. The summed E-state index contributed by atoms with van der Waals surface area (Å²) in [6.07, 6.45) is 6.08. The molecule has 4 nitrogen and oxygen atoms in total. The zero-order valence-corrected chi connectivity index (χ0v) is 12.7. The van der Waals surface area contributed by atoms with Gasteiger partial charge in [0.1, 0.15) is 0 Å². The van der Waals surface area contributed by atoms with Crippen LogP contribution in [0.4, 0.5) is 5.69 Å². The summed E-state index contributed by atoms with van der Waals surface area (Å²) < 4.78 is 0. The minimum atomic E-state index is -0.0556. The normalized spacial score (nSPS) is 14.5. The lowest BCUT2D eigenvalue weighted by atomic mass is 10.1. The largest absolute Gasteiger partial charge is 0.352 e. The Kier molecular flexibility index (Phi) is 5.78. The minimum absolute atomic E-state index is 0.0556. The maximum atomic E-state index is 12.1. The van der Waals surface area contributed by atoms with E-state index in [1.165, 1.54) is 12.8 Å². The molecule has 0 aliphatic carbocycles. The number of amides is 2. The number of unbranched alkanes of at least 4 members (excludes halogenated alkanes) is 3. The van der Waals surface area contributed by atoms with Gasteiger partial charge in [-0.3, -0.25) is 9.59 Å². The van der Waals surface area contributed by atoms with Crippen molar-refractivity contribution < 1.29 is 9.59 Å². The standard InChI is InChI=1S/C17H24N2O2/c1-2-3-4-5-11-18-17(21)14-8-6-9-15(13-14)19-12-7-10-16(19)20/h6,8-9,13H,2-5,7,10-12H2,1H3,(H,18,21). The van der Waals surface area contributed by atoms with Gasteiger partial charge in [0.05, 0.1) is 0 Å². The van der Waals surface area contributed by atoms with Crippen molar-refractivity contribution in [3.05, 3.63) is 29.8 Å². The molecule has 0 saturated carbocycles. The number of nitrogens with zero attached hydrogens (tertiary/aromatic N) is 1. The number of benzene rings is 1. The van der Waals surface area contributed by atoms with E-state index in [1.54, 1.807) is 11.0 Å². The average molecular weight is 288 g/mol. The molecule has 1 N–H and O–H groups in total. The van der Waals surface area contributed by atoms with Crippen molar-refractivity contribution in [3.63, 3.8) is 0 Å². The second-order valence-electron chi connectivity index (χ2n) is 5.52. The average Bonchev–Trinajstić information content (AvgIpc) is 2.93. The third-order valence-electron chi connectivity index (χ3n) is 3.81. The SMILES string of the molecule is CCCCCCNC(=O)c1cccc(N2CCCC2=O)c1. The van der Waals surface area contributed by atoms with E-state index in [0.717, 1.165) is 31.5 Å². The molecular formula is C17H24N2O2. The smallest absolute Gasteiger partial charge is 0.251 e. The van der Waals surface area contributed by atoms with Crippen LogP contribution >= 0.6 is 0 Å². The van der Waals surface area contributed by atoms with E-state index < -0.39 is 0 Å². The Morgan fingerprint density at radius 1 is 1.29 bits per heavy atom. The molecule has 0 spiro atoms. The summed E-state index contributed by atoms with van der Waals surface area (Å²) in [5.74, 6) is 0.0899. The molecular weight excluding hydrogens is 264 g/mol. The molecule has 1 fully saturated rings. The molecule has 21 heavy (non-hydrogen) atoms. The number of rotatable bonds is 7. The van der Waals surface area contributed by atoms with Gasteiger partial charge in [-0.2, -0.15) is 0 Å². The maximum Gasteiger partial charge on any atom is 0.251 e. The van der Waals surface area contributed by atoms with Gasteiger partial charge in [-0.05, 0) is 31.0 Å². The Hall–Kier alpha value is -1.84. The number of hydrogen-bond acceptors (Lipinski definition) is 2. The number of anilines is 1. The fraction of sp³-hybridized carbons (Fsp3) is 0.529. The van der Waals surface area contributed by atoms with Gasteiger partial charge in [0.2, 0.25) is 5.91 Å². The van der Waals surface area contributed by atoms with Crippen molar-refractivity contribution in [3.8, 4) is 0 Å². The van der Waals surface area contributed by atoms with Gasteiger partial charge in [-0.15, -0.1) is 0 Å². The molecule has 1 aromatic carbocycles. The third-order valence-corrected chi connectivity index (χ3v) is 3.81. The highest BCUT2D eigenvalue weighted by atomic mass is 16.2. The minimum Gasteiger partial charge on any atom is -0.352 e. The highest BCUT2D eigenvalue weighted by Gasteiger charge is 2.22.